The minimum absolute atomic E-state index is 0.0193. The van der Waals surface area contributed by atoms with Gasteiger partial charge in [0.1, 0.15) is 0 Å². The summed E-state index contributed by atoms with van der Waals surface area (Å²) in [6, 6.07) is 11.4. The highest BCUT2D eigenvalue weighted by molar-refractivity contribution is 6.30. The highest BCUT2D eigenvalue weighted by Crippen LogP contribution is 2.21. The zero-order valence-corrected chi connectivity index (χ0v) is 14.5. The fraction of sp³-hybridized carbons (Fsp3) is 0.389. The zero-order chi connectivity index (χ0) is 16.9. The van der Waals surface area contributed by atoms with E-state index in [2.05, 4.69) is 20.4 Å². The maximum absolute atomic E-state index is 12.5. The number of amides is 1. The number of aromatic nitrogens is 2. The van der Waals surface area contributed by atoms with Crippen LogP contribution in [0.2, 0.25) is 5.02 Å². The first kappa shape index (κ1) is 16.7. The fourth-order valence-corrected chi connectivity index (χ4v) is 3.02. The van der Waals surface area contributed by atoms with E-state index in [-0.39, 0.29) is 11.8 Å². The van der Waals surface area contributed by atoms with Crippen LogP contribution in [0.1, 0.15) is 24.1 Å². The molecule has 2 heterocycles. The molecule has 1 N–H and O–H groups in total. The molecule has 0 saturated carbocycles. The Balaban J connectivity index is 1.56. The van der Waals surface area contributed by atoms with Crippen molar-refractivity contribution in [3.63, 3.8) is 0 Å². The molecular weight excluding hydrogens is 324 g/mol. The summed E-state index contributed by atoms with van der Waals surface area (Å²) >= 11 is 5.88. The maximum atomic E-state index is 12.5. The van der Waals surface area contributed by atoms with Crippen LogP contribution in [0.15, 0.2) is 36.4 Å². The maximum Gasteiger partial charge on any atom is 0.225 e. The Kier molecular flexibility index (Phi) is 5.30. The molecule has 6 heteroatoms. The van der Waals surface area contributed by atoms with E-state index < -0.39 is 0 Å². The molecule has 0 aliphatic carbocycles. The standard InChI is InChI=1S/C18H21ClN4O/c1-13-4-9-17(22-21-13)23-10-2-3-15(12-23)18(24)20-11-14-5-7-16(19)8-6-14/h4-9,15H,2-3,10-12H2,1H3,(H,20,24). The lowest BCUT2D eigenvalue weighted by molar-refractivity contribution is -0.125. The van der Waals surface area contributed by atoms with E-state index in [1.165, 1.54) is 0 Å². The Labute approximate surface area is 147 Å². The minimum atomic E-state index is -0.0193. The lowest BCUT2D eigenvalue weighted by atomic mass is 9.97. The van der Waals surface area contributed by atoms with Gasteiger partial charge in [-0.05, 0) is 49.6 Å². The molecule has 1 aromatic carbocycles. The molecule has 1 fully saturated rings. The van der Waals surface area contributed by atoms with Crippen LogP contribution in [0.4, 0.5) is 5.82 Å². The Morgan fingerprint density at radius 3 is 2.75 bits per heavy atom. The van der Waals surface area contributed by atoms with Crippen molar-refractivity contribution < 1.29 is 4.79 Å². The quantitative estimate of drug-likeness (QED) is 0.926. The third kappa shape index (κ3) is 4.23. The van der Waals surface area contributed by atoms with Crippen LogP contribution in [0.3, 0.4) is 0 Å². The van der Waals surface area contributed by atoms with Crippen molar-refractivity contribution in [2.45, 2.75) is 26.3 Å². The first-order chi connectivity index (χ1) is 11.6. The zero-order valence-electron chi connectivity index (χ0n) is 13.7. The van der Waals surface area contributed by atoms with Gasteiger partial charge in [-0.25, -0.2) is 0 Å². The molecule has 0 bridgehead atoms. The second kappa shape index (κ2) is 7.62. The molecule has 1 unspecified atom stereocenters. The van der Waals surface area contributed by atoms with Gasteiger partial charge in [0.05, 0.1) is 11.6 Å². The van der Waals surface area contributed by atoms with Crippen LogP contribution in [0.5, 0.6) is 0 Å². The van der Waals surface area contributed by atoms with E-state index in [1.807, 2.05) is 43.3 Å². The van der Waals surface area contributed by atoms with Gasteiger partial charge in [-0.1, -0.05) is 23.7 Å². The smallest absolute Gasteiger partial charge is 0.225 e. The molecule has 1 aliphatic heterocycles. The van der Waals surface area contributed by atoms with Gasteiger partial charge in [0.25, 0.3) is 0 Å². The molecule has 1 aliphatic rings. The van der Waals surface area contributed by atoms with Gasteiger partial charge in [0.2, 0.25) is 5.91 Å². The Morgan fingerprint density at radius 1 is 1.25 bits per heavy atom. The topological polar surface area (TPSA) is 58.1 Å². The number of nitrogens with zero attached hydrogens (tertiary/aromatic N) is 3. The lowest BCUT2D eigenvalue weighted by Crippen LogP contribution is -2.43. The highest BCUT2D eigenvalue weighted by atomic mass is 35.5. The molecule has 0 spiro atoms. The molecule has 3 rings (SSSR count). The van der Waals surface area contributed by atoms with E-state index in [0.29, 0.717) is 18.1 Å². The largest absolute Gasteiger partial charge is 0.354 e. The minimum Gasteiger partial charge on any atom is -0.354 e. The Hall–Kier alpha value is -2.14. The Bertz CT molecular complexity index is 687. The number of rotatable bonds is 4. The number of hydrogen-bond donors (Lipinski definition) is 1. The molecule has 1 amide bonds. The average molecular weight is 345 g/mol. The van der Waals surface area contributed by atoms with Crippen LogP contribution in [-0.2, 0) is 11.3 Å². The number of benzene rings is 1. The number of anilines is 1. The third-order valence-electron chi connectivity index (χ3n) is 4.28. The molecule has 2 aromatic rings. The average Bonchev–Trinajstić information content (AvgIpc) is 2.62. The number of piperidine rings is 1. The van der Waals surface area contributed by atoms with Crippen molar-refractivity contribution in [2.24, 2.45) is 5.92 Å². The van der Waals surface area contributed by atoms with Crippen LogP contribution in [0.25, 0.3) is 0 Å². The van der Waals surface area contributed by atoms with E-state index in [9.17, 15) is 4.79 Å². The summed E-state index contributed by atoms with van der Waals surface area (Å²) in [4.78, 5) is 14.6. The SMILES string of the molecule is Cc1ccc(N2CCCC(C(=O)NCc3ccc(Cl)cc3)C2)nn1. The van der Waals surface area contributed by atoms with E-state index in [0.717, 1.165) is 36.5 Å². The second-order valence-electron chi connectivity index (χ2n) is 6.16. The molecule has 126 valence electrons. The van der Waals surface area contributed by atoms with Gasteiger partial charge < -0.3 is 10.2 Å². The molecule has 1 atom stereocenters. The van der Waals surface area contributed by atoms with Crippen molar-refractivity contribution in [3.05, 3.63) is 52.7 Å². The first-order valence-corrected chi connectivity index (χ1v) is 8.57. The number of halogens is 1. The monoisotopic (exact) mass is 344 g/mol. The van der Waals surface area contributed by atoms with E-state index in [4.69, 9.17) is 11.6 Å². The van der Waals surface area contributed by atoms with Crippen LogP contribution in [0, 0.1) is 12.8 Å². The van der Waals surface area contributed by atoms with Gasteiger partial charge in [-0.15, -0.1) is 5.10 Å². The van der Waals surface area contributed by atoms with Gasteiger partial charge in [-0.2, -0.15) is 5.10 Å². The Morgan fingerprint density at radius 2 is 2.04 bits per heavy atom. The number of hydrogen-bond acceptors (Lipinski definition) is 4. The van der Waals surface area contributed by atoms with Crippen LogP contribution in [-0.4, -0.2) is 29.2 Å². The number of aryl methyl sites for hydroxylation is 1. The van der Waals surface area contributed by atoms with Gasteiger partial charge in [0, 0.05) is 24.7 Å². The summed E-state index contributed by atoms with van der Waals surface area (Å²) in [6.45, 7) is 4.04. The summed E-state index contributed by atoms with van der Waals surface area (Å²) < 4.78 is 0. The summed E-state index contributed by atoms with van der Waals surface area (Å²) in [5.41, 5.74) is 1.94. The predicted molar refractivity (Wildman–Crippen MR) is 95.0 cm³/mol. The van der Waals surface area contributed by atoms with Crippen LogP contribution < -0.4 is 10.2 Å². The molecule has 5 nitrogen and oxygen atoms in total. The van der Waals surface area contributed by atoms with Crippen LogP contribution >= 0.6 is 11.6 Å². The van der Waals surface area contributed by atoms with Crippen molar-refractivity contribution in [3.8, 4) is 0 Å². The summed E-state index contributed by atoms with van der Waals surface area (Å²) in [6.07, 6.45) is 1.89. The number of carbonyl (C=O) groups is 1. The lowest BCUT2D eigenvalue weighted by Gasteiger charge is -2.32. The summed E-state index contributed by atoms with van der Waals surface area (Å²) in [5, 5.41) is 12.1. The highest BCUT2D eigenvalue weighted by Gasteiger charge is 2.26. The van der Waals surface area contributed by atoms with Gasteiger partial charge in [-0.3, -0.25) is 4.79 Å². The fourth-order valence-electron chi connectivity index (χ4n) is 2.90. The normalized spacial score (nSPS) is 17.6. The van der Waals surface area contributed by atoms with E-state index in [1.54, 1.807) is 0 Å². The molecule has 1 aromatic heterocycles. The molecule has 0 radical (unpaired) electrons. The third-order valence-corrected chi connectivity index (χ3v) is 4.53. The second-order valence-corrected chi connectivity index (χ2v) is 6.60. The van der Waals surface area contributed by atoms with Gasteiger partial charge >= 0.3 is 0 Å². The van der Waals surface area contributed by atoms with E-state index >= 15 is 0 Å². The van der Waals surface area contributed by atoms with Crippen molar-refractivity contribution in [2.75, 3.05) is 18.0 Å². The first-order valence-electron chi connectivity index (χ1n) is 8.19. The number of nitrogens with one attached hydrogen (secondary N) is 1. The van der Waals surface area contributed by atoms with Crippen molar-refractivity contribution in [1.82, 2.24) is 15.5 Å². The molecule has 1 saturated heterocycles. The summed E-state index contributed by atoms with van der Waals surface area (Å²) in [5.74, 6) is 0.916. The van der Waals surface area contributed by atoms with Crippen molar-refractivity contribution >= 4 is 23.3 Å². The van der Waals surface area contributed by atoms with Crippen molar-refractivity contribution in [1.29, 1.82) is 0 Å². The molecular formula is C18H21ClN4O. The molecule has 24 heavy (non-hydrogen) atoms. The van der Waals surface area contributed by atoms with Gasteiger partial charge in [0.15, 0.2) is 5.82 Å². The number of carbonyl (C=O) groups excluding carboxylic acids is 1. The predicted octanol–water partition coefficient (Wildman–Crippen LogP) is 2.97. The summed E-state index contributed by atoms with van der Waals surface area (Å²) in [7, 11) is 0.